The summed E-state index contributed by atoms with van der Waals surface area (Å²) >= 11 is 0. The number of aliphatic hydroxyl groups excluding tert-OH is 3. The first kappa shape index (κ1) is 50.8. The number of ether oxygens (including phenoxy) is 2. The highest BCUT2D eigenvalue weighted by Crippen LogP contribution is 2.79. The summed E-state index contributed by atoms with van der Waals surface area (Å²) < 4.78 is 13.0. The SMILES string of the molecule is CC(=O)OC1CC(O)CCC23C#CC4CC5C#CC(CNCC6(C5)CC(CCN6)Oc5cc(c(C(O)O)cc5O)CC41)SSCC1(CC45CCCC4C=C4CCC6CCC7C=CC5C4C761)NC(N)=NC2C=CCC3O. The van der Waals surface area contributed by atoms with Crippen LogP contribution in [-0.4, -0.2) is 110 Å². The lowest BCUT2D eigenvalue weighted by molar-refractivity contribution is -0.156. The first-order valence-electron chi connectivity index (χ1n) is 28.6. The third kappa shape index (κ3) is 8.36. The number of carbonyl (C=O) groups excluding carboxylic acids is 1. The summed E-state index contributed by atoms with van der Waals surface area (Å²) in [6.07, 6.45) is 20.5. The Balaban J connectivity index is 1.01. The first-order chi connectivity index (χ1) is 36.2. The lowest BCUT2D eigenvalue weighted by Gasteiger charge is -2.73. The molecule has 75 heavy (non-hydrogen) atoms. The molecule has 13 rings (SSSR count). The maximum atomic E-state index is 13.2. The fourth-order valence-corrected chi connectivity index (χ4v) is 21.5. The molecule has 1 saturated heterocycles. The summed E-state index contributed by atoms with van der Waals surface area (Å²) in [5, 5.41) is 70.3. The smallest absolute Gasteiger partial charge is 0.302 e. The van der Waals surface area contributed by atoms with E-state index >= 15 is 0 Å². The van der Waals surface area contributed by atoms with E-state index in [1.165, 1.54) is 57.9 Å². The van der Waals surface area contributed by atoms with Crippen molar-refractivity contribution in [1.82, 2.24) is 16.0 Å². The Labute approximate surface area is 450 Å². The van der Waals surface area contributed by atoms with Crippen molar-refractivity contribution < 1.29 is 39.8 Å². The van der Waals surface area contributed by atoms with Crippen molar-refractivity contribution in [3.8, 4) is 35.2 Å². The number of fused-ring (bicyclic) bond motifs is 4. The number of aliphatic hydroxyl groups is 4. The molecule has 4 saturated carbocycles. The molecular formula is C60H77N5O8S2. The lowest BCUT2D eigenvalue weighted by atomic mass is 9.33. The van der Waals surface area contributed by atoms with Crippen molar-refractivity contribution in [1.29, 1.82) is 0 Å². The molecule has 1 aromatic carbocycles. The molecule has 4 aliphatic heterocycles. The predicted octanol–water partition coefficient (Wildman–Crippen LogP) is 6.34. The van der Waals surface area contributed by atoms with Gasteiger partial charge >= 0.3 is 5.97 Å². The number of phenols is 1. The Morgan fingerprint density at radius 3 is 2.77 bits per heavy atom. The molecule has 5 spiro atoms. The molecule has 0 radical (unpaired) electrons. The van der Waals surface area contributed by atoms with Gasteiger partial charge in [0.1, 0.15) is 12.2 Å². The van der Waals surface area contributed by atoms with Crippen molar-refractivity contribution in [3.05, 3.63) is 59.2 Å². The monoisotopic (exact) mass is 1060 g/mol. The van der Waals surface area contributed by atoms with Crippen LogP contribution in [0.1, 0.15) is 127 Å². The molecule has 10 N–H and O–H groups in total. The van der Waals surface area contributed by atoms with Gasteiger partial charge in [-0.25, -0.2) is 4.99 Å². The standard InChI is InChI=1S/C60H77N5O8S2/c1-34(66)72-49-26-42(67)16-20-57-19-15-36-22-35-7-13-44(30-62-32-56(28-35)29-43(17-21-63-56)73-50-25-38(24-45(36)49)46(54(70)71)27-48(50)68)75-74-33-59(65-55(61)64-51(57)5-2-6-52(57)69)31-58-18-3-4-41(58)23-37-8-9-39-10-11-40-12-14-47(58)53(37)60(39,40)59/h2,5,12,14,23,25,27,35-36,39-45,47,49,51-54,62-63,67-71H,3-4,6,8-11,16-18,20-22,24,26,28-33H2,1H3,(H3,61,64,65). The summed E-state index contributed by atoms with van der Waals surface area (Å²) in [7, 11) is 3.85. The average Bonchev–Trinajstić information content (AvgIpc) is 4.00. The Bertz CT molecular complexity index is 2710. The van der Waals surface area contributed by atoms with Crippen molar-refractivity contribution in [2.24, 2.45) is 74.3 Å². The second kappa shape index (κ2) is 19.3. The average molecular weight is 1060 g/mol. The third-order valence-corrected chi connectivity index (χ3v) is 24.3. The molecule has 4 heterocycles. The second-order valence-corrected chi connectivity index (χ2v) is 27.9. The molecule has 8 aliphatic carbocycles. The third-order valence-electron chi connectivity index (χ3n) is 21.5. The van der Waals surface area contributed by atoms with E-state index in [1.807, 2.05) is 27.7 Å². The number of nitrogens with one attached hydrogen (secondary N) is 3. The van der Waals surface area contributed by atoms with Crippen LogP contribution < -0.4 is 26.4 Å². The molecule has 1 aromatic rings. The first-order valence-corrected chi connectivity index (χ1v) is 31.0. The zero-order chi connectivity index (χ0) is 51.5. The van der Waals surface area contributed by atoms with E-state index in [2.05, 4.69) is 63.9 Å². The zero-order valence-electron chi connectivity index (χ0n) is 43.4. The molecule has 13 nitrogen and oxygen atoms in total. The van der Waals surface area contributed by atoms with Crippen LogP contribution in [0.25, 0.3) is 0 Å². The number of nitrogens with two attached hydrogens (primary N) is 1. The minimum absolute atomic E-state index is 0.0386. The van der Waals surface area contributed by atoms with Crippen molar-refractivity contribution in [2.45, 2.75) is 169 Å². The van der Waals surface area contributed by atoms with Crippen LogP contribution in [0.3, 0.4) is 0 Å². The van der Waals surface area contributed by atoms with E-state index < -0.39 is 59.4 Å². The van der Waals surface area contributed by atoms with Crippen LogP contribution in [0.4, 0.5) is 0 Å². The van der Waals surface area contributed by atoms with Crippen molar-refractivity contribution in [2.75, 3.05) is 25.4 Å². The molecule has 0 amide bonds. The summed E-state index contributed by atoms with van der Waals surface area (Å²) in [6, 6.07) is 2.42. The minimum atomic E-state index is -1.93. The number of rotatable bonds is 2. The van der Waals surface area contributed by atoms with Gasteiger partial charge in [0.05, 0.1) is 34.5 Å². The Kier molecular flexibility index (Phi) is 13.1. The summed E-state index contributed by atoms with van der Waals surface area (Å²) in [5.74, 6) is 17.3. The number of aromatic hydroxyl groups is 1. The number of guanidine groups is 1. The van der Waals surface area contributed by atoms with Crippen LogP contribution in [0, 0.1) is 87.3 Å². The minimum Gasteiger partial charge on any atom is -0.504 e. The molecule has 15 heteroatoms. The fraction of sp³-hybridized carbons (Fsp3) is 0.700. The fourth-order valence-electron chi connectivity index (χ4n) is 18.7. The number of phenolic OH excluding ortho intramolecular Hbond substituents is 1. The summed E-state index contributed by atoms with van der Waals surface area (Å²) in [6.45, 7) is 3.41. The van der Waals surface area contributed by atoms with Gasteiger partial charge in [0.2, 0.25) is 0 Å². The van der Waals surface area contributed by atoms with Gasteiger partial charge in [-0.3, -0.25) is 4.79 Å². The van der Waals surface area contributed by atoms with E-state index in [0.29, 0.717) is 99.3 Å². The van der Waals surface area contributed by atoms with Gasteiger partial charge in [0.15, 0.2) is 23.7 Å². The van der Waals surface area contributed by atoms with Crippen molar-refractivity contribution in [3.63, 3.8) is 0 Å². The summed E-state index contributed by atoms with van der Waals surface area (Å²) in [5.41, 5.74) is 8.00. The molecule has 0 aromatic heterocycles. The summed E-state index contributed by atoms with van der Waals surface area (Å²) in [4.78, 5) is 18.8. The van der Waals surface area contributed by atoms with Gasteiger partial charge in [0, 0.05) is 72.9 Å². The van der Waals surface area contributed by atoms with E-state index in [4.69, 9.17) is 20.2 Å². The highest BCUT2D eigenvalue weighted by atomic mass is 33.1. The predicted molar refractivity (Wildman–Crippen MR) is 291 cm³/mol. The van der Waals surface area contributed by atoms with E-state index in [9.17, 15) is 30.3 Å². The molecule has 12 bridgehead atoms. The quantitative estimate of drug-likeness (QED) is 0.0521. The van der Waals surface area contributed by atoms with Gasteiger partial charge in [-0.2, -0.15) is 0 Å². The molecule has 402 valence electrons. The number of hydrogen-bond acceptors (Lipinski definition) is 15. The van der Waals surface area contributed by atoms with Gasteiger partial charge in [-0.05, 0) is 149 Å². The number of piperidine rings is 1. The van der Waals surface area contributed by atoms with Crippen molar-refractivity contribution >= 4 is 33.5 Å². The maximum Gasteiger partial charge on any atom is 0.302 e. The van der Waals surface area contributed by atoms with Gasteiger partial charge in [-0.15, -0.1) is 0 Å². The number of carbonyl (C=O) groups is 1. The lowest BCUT2D eigenvalue weighted by Crippen LogP contribution is -2.77. The van der Waals surface area contributed by atoms with Crippen LogP contribution in [0.15, 0.2) is 53.1 Å². The van der Waals surface area contributed by atoms with E-state index in [0.717, 1.165) is 12.2 Å². The van der Waals surface area contributed by atoms with Gasteiger partial charge < -0.3 is 56.7 Å². The molecule has 19 unspecified atom stereocenters. The topological polar surface area (TPSA) is 211 Å². The molecule has 19 atom stereocenters. The largest absolute Gasteiger partial charge is 0.504 e. The van der Waals surface area contributed by atoms with E-state index in [-0.39, 0.29) is 70.0 Å². The number of nitrogens with zero attached hydrogens (tertiary/aromatic N) is 1. The number of aliphatic imine (C=N–C) groups is 1. The number of allylic oxidation sites excluding steroid dienone is 4. The van der Waals surface area contributed by atoms with Crippen LogP contribution in [0.5, 0.6) is 11.5 Å². The Morgan fingerprint density at radius 2 is 1.91 bits per heavy atom. The number of hydrogen-bond donors (Lipinski definition) is 9. The Hall–Kier alpha value is -3.64. The zero-order valence-corrected chi connectivity index (χ0v) is 45.0. The highest BCUT2D eigenvalue weighted by molar-refractivity contribution is 8.77. The highest BCUT2D eigenvalue weighted by Gasteiger charge is 2.77. The number of esters is 1. The molecule has 5 fully saturated rings. The Morgan fingerprint density at radius 1 is 1.01 bits per heavy atom. The maximum absolute atomic E-state index is 13.2. The van der Waals surface area contributed by atoms with Gasteiger partial charge in [-0.1, -0.05) is 87.6 Å². The van der Waals surface area contributed by atoms with E-state index in [1.54, 1.807) is 11.6 Å². The molecule has 12 aliphatic rings. The van der Waals surface area contributed by atoms with Crippen LogP contribution in [0.2, 0.25) is 0 Å². The second-order valence-electron chi connectivity index (χ2n) is 25.3. The van der Waals surface area contributed by atoms with Crippen LogP contribution >= 0.6 is 21.6 Å². The van der Waals surface area contributed by atoms with Crippen LogP contribution in [-0.2, 0) is 16.0 Å². The van der Waals surface area contributed by atoms with Gasteiger partial charge in [0.25, 0.3) is 0 Å². The molecular weight excluding hydrogens is 983 g/mol. The normalized spacial score (nSPS) is 46.2. The number of benzene rings is 1.